The molecular weight excluding hydrogens is 498 g/mol. The molecule has 0 atom stereocenters. The van der Waals surface area contributed by atoms with E-state index in [0.29, 0.717) is 40.8 Å². The lowest BCUT2D eigenvalue weighted by molar-refractivity contribution is -0.00368. The van der Waals surface area contributed by atoms with Crippen LogP contribution in [0.15, 0.2) is 30.5 Å². The standard InChI is InChI=1S/C15H16N2O2.C13H19N5O2/c1-17-6-4-15(5-7-17)9-13(18)12-8-11(10-16)2-3-14(12)19-15;1-15-13(20)17-11-7-16-12(6-9(11)8-19)18-4-2-10(14)3-5-18/h2-3,8H,4-7,9H2,1H3;6-8,10H,2-5,14H2,1H3,(H2,15,17,20). The van der Waals surface area contributed by atoms with Crippen molar-refractivity contribution < 1.29 is 19.1 Å². The highest BCUT2D eigenvalue weighted by Crippen LogP contribution is 2.39. The summed E-state index contributed by atoms with van der Waals surface area (Å²) in [6.07, 6.45) is 6.24. The maximum Gasteiger partial charge on any atom is 0.319 e. The second-order valence-electron chi connectivity index (χ2n) is 10.3. The van der Waals surface area contributed by atoms with Crippen LogP contribution in [0.4, 0.5) is 16.3 Å². The number of ether oxygens (including phenoxy) is 1. The fourth-order valence-corrected chi connectivity index (χ4v) is 5.02. The van der Waals surface area contributed by atoms with Crippen LogP contribution in [0, 0.1) is 11.3 Å². The number of aldehydes is 1. The average Bonchev–Trinajstić information content (AvgIpc) is 2.95. The first-order valence-electron chi connectivity index (χ1n) is 13.2. The van der Waals surface area contributed by atoms with Gasteiger partial charge < -0.3 is 30.9 Å². The summed E-state index contributed by atoms with van der Waals surface area (Å²) in [4.78, 5) is 43.4. The third-order valence-electron chi connectivity index (χ3n) is 7.50. The largest absolute Gasteiger partial charge is 0.486 e. The van der Waals surface area contributed by atoms with Gasteiger partial charge in [0.25, 0.3) is 0 Å². The molecule has 11 nitrogen and oxygen atoms in total. The lowest BCUT2D eigenvalue weighted by Crippen LogP contribution is -2.50. The number of likely N-dealkylation sites (tertiary alicyclic amines) is 1. The number of carbonyl (C=O) groups excluding carboxylic acids is 3. The van der Waals surface area contributed by atoms with Gasteiger partial charge in [0.15, 0.2) is 12.1 Å². The number of benzene rings is 1. The van der Waals surface area contributed by atoms with Gasteiger partial charge in [-0.2, -0.15) is 5.26 Å². The minimum atomic E-state index is -0.383. The highest BCUT2D eigenvalue weighted by atomic mass is 16.5. The van der Waals surface area contributed by atoms with E-state index in [1.54, 1.807) is 24.3 Å². The van der Waals surface area contributed by atoms with Crippen LogP contribution in [0.1, 0.15) is 58.4 Å². The van der Waals surface area contributed by atoms with Crippen LogP contribution < -0.4 is 26.0 Å². The van der Waals surface area contributed by atoms with Gasteiger partial charge in [0, 0.05) is 57.7 Å². The van der Waals surface area contributed by atoms with Crippen molar-refractivity contribution in [1.29, 1.82) is 5.26 Å². The number of piperidine rings is 2. The Hall–Kier alpha value is -4.01. The molecule has 11 heteroatoms. The number of hydrogen-bond acceptors (Lipinski definition) is 9. The van der Waals surface area contributed by atoms with Gasteiger partial charge in [-0.15, -0.1) is 0 Å². The van der Waals surface area contributed by atoms with Gasteiger partial charge >= 0.3 is 6.03 Å². The van der Waals surface area contributed by atoms with E-state index >= 15 is 0 Å². The first kappa shape index (κ1) is 28.0. The number of Topliss-reactive ketones (excluding diaryl/α,β-unsaturated/α-hetero) is 1. The van der Waals surface area contributed by atoms with Gasteiger partial charge in [-0.05, 0) is 44.2 Å². The molecule has 0 unspecified atom stereocenters. The second-order valence-corrected chi connectivity index (χ2v) is 10.3. The number of anilines is 2. The number of nitrogens with two attached hydrogens (primary N) is 1. The molecule has 1 aromatic carbocycles. The first-order chi connectivity index (χ1) is 18.8. The van der Waals surface area contributed by atoms with E-state index in [0.717, 1.165) is 57.7 Å². The molecule has 2 saturated heterocycles. The number of nitrogens with one attached hydrogen (secondary N) is 2. The van der Waals surface area contributed by atoms with Crippen LogP contribution in [0.5, 0.6) is 5.75 Å². The predicted octanol–water partition coefficient (Wildman–Crippen LogP) is 2.56. The molecular formula is C28H35N7O4. The predicted molar refractivity (Wildman–Crippen MR) is 147 cm³/mol. The van der Waals surface area contributed by atoms with Crippen molar-refractivity contribution in [2.45, 2.75) is 43.7 Å². The lowest BCUT2D eigenvalue weighted by atomic mass is 9.82. The molecule has 4 heterocycles. The average molecular weight is 534 g/mol. The number of aromatic nitrogens is 1. The summed E-state index contributed by atoms with van der Waals surface area (Å²) >= 11 is 0. The summed E-state index contributed by atoms with van der Waals surface area (Å²) in [5.74, 6) is 1.48. The third-order valence-corrected chi connectivity index (χ3v) is 7.50. The summed E-state index contributed by atoms with van der Waals surface area (Å²) < 4.78 is 6.12. The number of urea groups is 1. The highest BCUT2D eigenvalue weighted by molar-refractivity contribution is 6.00. The Morgan fingerprint density at radius 3 is 2.59 bits per heavy atom. The number of rotatable bonds is 3. The van der Waals surface area contributed by atoms with Gasteiger partial charge in [0.2, 0.25) is 0 Å². The SMILES string of the molecule is CN1CCC2(CC1)CC(=O)c1cc(C#N)ccc1O2.CNC(=O)Nc1cnc(N2CCC(N)CC2)cc1C=O. The van der Waals surface area contributed by atoms with Crippen LogP contribution in [0.2, 0.25) is 0 Å². The fraction of sp³-hybridized carbons (Fsp3) is 0.464. The Bertz CT molecular complexity index is 1260. The molecule has 2 amide bonds. The zero-order valence-electron chi connectivity index (χ0n) is 22.4. The first-order valence-corrected chi connectivity index (χ1v) is 13.2. The molecule has 0 aliphatic carbocycles. The molecule has 0 saturated carbocycles. The monoisotopic (exact) mass is 533 g/mol. The fourth-order valence-electron chi connectivity index (χ4n) is 5.02. The van der Waals surface area contributed by atoms with Crippen molar-refractivity contribution in [3.8, 4) is 11.8 Å². The van der Waals surface area contributed by atoms with Crippen molar-refractivity contribution in [3.63, 3.8) is 0 Å². The maximum atomic E-state index is 12.3. The Morgan fingerprint density at radius 1 is 1.23 bits per heavy atom. The summed E-state index contributed by atoms with van der Waals surface area (Å²) in [6.45, 7) is 3.57. The van der Waals surface area contributed by atoms with Crippen molar-refractivity contribution in [1.82, 2.24) is 15.2 Å². The number of amides is 2. The Labute approximate surface area is 228 Å². The van der Waals surface area contributed by atoms with E-state index in [9.17, 15) is 14.4 Å². The molecule has 1 aromatic heterocycles. The van der Waals surface area contributed by atoms with Crippen molar-refractivity contribution in [2.75, 3.05) is 50.5 Å². The van der Waals surface area contributed by atoms with E-state index in [1.807, 2.05) is 0 Å². The Kier molecular flexibility index (Phi) is 8.79. The molecule has 5 rings (SSSR count). The van der Waals surface area contributed by atoms with Gasteiger partial charge in [-0.1, -0.05) is 0 Å². The number of ketones is 1. The molecule has 3 aliphatic rings. The molecule has 0 bridgehead atoms. The van der Waals surface area contributed by atoms with Crippen molar-refractivity contribution >= 4 is 29.6 Å². The van der Waals surface area contributed by atoms with Crippen LogP contribution >= 0.6 is 0 Å². The molecule has 4 N–H and O–H groups in total. The lowest BCUT2D eigenvalue weighted by Gasteiger charge is -2.43. The number of carbonyl (C=O) groups is 3. The minimum absolute atomic E-state index is 0.0999. The third kappa shape index (κ3) is 6.71. The van der Waals surface area contributed by atoms with Gasteiger partial charge in [0.1, 0.15) is 17.2 Å². The van der Waals surface area contributed by atoms with Crippen molar-refractivity contribution in [3.05, 3.63) is 47.2 Å². The summed E-state index contributed by atoms with van der Waals surface area (Å²) in [7, 11) is 3.60. The molecule has 0 radical (unpaired) electrons. The zero-order valence-corrected chi connectivity index (χ0v) is 22.4. The number of nitrogens with zero attached hydrogens (tertiary/aromatic N) is 4. The van der Waals surface area contributed by atoms with E-state index in [4.69, 9.17) is 15.7 Å². The van der Waals surface area contributed by atoms with E-state index < -0.39 is 0 Å². The highest BCUT2D eigenvalue weighted by Gasteiger charge is 2.42. The quantitative estimate of drug-likeness (QED) is 0.505. The van der Waals surface area contributed by atoms with Crippen LogP contribution in [0.3, 0.4) is 0 Å². The number of nitriles is 1. The molecule has 2 fully saturated rings. The summed E-state index contributed by atoms with van der Waals surface area (Å²) in [6, 6.07) is 8.71. The van der Waals surface area contributed by atoms with Crippen LogP contribution in [-0.4, -0.2) is 79.9 Å². The van der Waals surface area contributed by atoms with Gasteiger partial charge in [0.05, 0.1) is 35.5 Å². The van der Waals surface area contributed by atoms with Crippen molar-refractivity contribution in [2.24, 2.45) is 5.73 Å². The van der Waals surface area contributed by atoms with E-state index in [-0.39, 0.29) is 23.5 Å². The molecule has 206 valence electrons. The normalized spacial score (nSPS) is 18.6. The molecule has 3 aliphatic heterocycles. The molecule has 39 heavy (non-hydrogen) atoms. The van der Waals surface area contributed by atoms with Gasteiger partial charge in [-0.25, -0.2) is 9.78 Å². The minimum Gasteiger partial charge on any atom is -0.486 e. The molecule has 1 spiro atoms. The number of hydrogen-bond donors (Lipinski definition) is 3. The Morgan fingerprint density at radius 2 is 1.95 bits per heavy atom. The maximum absolute atomic E-state index is 12.3. The van der Waals surface area contributed by atoms with Crippen LogP contribution in [-0.2, 0) is 0 Å². The number of fused-ring (bicyclic) bond motifs is 1. The summed E-state index contributed by atoms with van der Waals surface area (Å²) in [5, 5.41) is 13.9. The zero-order chi connectivity index (χ0) is 28.0. The number of pyridine rings is 1. The van der Waals surface area contributed by atoms with Crippen LogP contribution in [0.25, 0.3) is 0 Å². The topological polar surface area (TPSA) is 154 Å². The van der Waals surface area contributed by atoms with E-state index in [1.165, 1.54) is 13.2 Å². The van der Waals surface area contributed by atoms with Gasteiger partial charge in [-0.3, -0.25) is 9.59 Å². The van der Waals surface area contributed by atoms with E-state index in [2.05, 4.69) is 38.5 Å². The Balaban J connectivity index is 0.000000181. The second kappa shape index (κ2) is 12.2. The molecule has 2 aromatic rings. The summed E-state index contributed by atoms with van der Waals surface area (Å²) in [5.41, 5.74) is 7.42. The smallest absolute Gasteiger partial charge is 0.319 e.